The lowest BCUT2D eigenvalue weighted by atomic mass is 10.2. The van der Waals surface area contributed by atoms with Gasteiger partial charge in [-0.15, -0.1) is 0 Å². The fourth-order valence-corrected chi connectivity index (χ4v) is 1.93. The highest BCUT2D eigenvalue weighted by Gasteiger charge is 2.18. The SMILES string of the molecule is Cc1cnn(C)c(=O)c1N1CCCC1. The molecule has 0 spiro atoms. The van der Waals surface area contributed by atoms with Gasteiger partial charge in [-0.3, -0.25) is 4.79 Å². The normalized spacial score (nSPS) is 16.3. The Kier molecular flexibility index (Phi) is 2.27. The Balaban J connectivity index is 2.50. The Morgan fingerprint density at radius 2 is 2.00 bits per heavy atom. The van der Waals surface area contributed by atoms with E-state index in [1.165, 1.54) is 17.5 Å². The highest BCUT2D eigenvalue weighted by Crippen LogP contribution is 2.18. The average Bonchev–Trinajstić information content (AvgIpc) is 2.65. The van der Waals surface area contributed by atoms with Gasteiger partial charge in [-0.25, -0.2) is 4.68 Å². The molecule has 1 saturated heterocycles. The van der Waals surface area contributed by atoms with Crippen LogP contribution in [0.3, 0.4) is 0 Å². The van der Waals surface area contributed by atoms with Crippen molar-refractivity contribution >= 4 is 5.69 Å². The standard InChI is InChI=1S/C10H15N3O/c1-8-7-11-12(2)10(14)9(8)13-5-3-4-6-13/h7H,3-6H2,1-2H3. The fraction of sp³-hybridized carbons (Fsp3) is 0.600. The minimum atomic E-state index is 0.0203. The van der Waals surface area contributed by atoms with Gasteiger partial charge in [0.05, 0.1) is 6.20 Å². The Labute approximate surface area is 83.2 Å². The van der Waals surface area contributed by atoms with Crippen molar-refractivity contribution in [2.24, 2.45) is 7.05 Å². The summed E-state index contributed by atoms with van der Waals surface area (Å²) < 4.78 is 1.40. The molecule has 1 aliphatic heterocycles. The maximum atomic E-state index is 11.8. The van der Waals surface area contributed by atoms with E-state index in [9.17, 15) is 4.79 Å². The van der Waals surface area contributed by atoms with Crippen molar-refractivity contribution in [2.45, 2.75) is 19.8 Å². The second-order valence-electron chi connectivity index (χ2n) is 3.80. The number of nitrogens with zero attached hydrogens (tertiary/aromatic N) is 3. The van der Waals surface area contributed by atoms with E-state index in [1.807, 2.05) is 6.92 Å². The zero-order valence-corrected chi connectivity index (χ0v) is 8.66. The molecular weight excluding hydrogens is 178 g/mol. The molecule has 0 radical (unpaired) electrons. The summed E-state index contributed by atoms with van der Waals surface area (Å²) in [4.78, 5) is 14.0. The molecular formula is C10H15N3O. The van der Waals surface area contributed by atoms with E-state index in [0.29, 0.717) is 0 Å². The van der Waals surface area contributed by atoms with Crippen LogP contribution in [0.1, 0.15) is 18.4 Å². The van der Waals surface area contributed by atoms with Crippen LogP contribution in [0.15, 0.2) is 11.0 Å². The number of anilines is 1. The van der Waals surface area contributed by atoms with Crippen LogP contribution in [0.4, 0.5) is 5.69 Å². The molecule has 4 nitrogen and oxygen atoms in total. The van der Waals surface area contributed by atoms with Crippen molar-refractivity contribution in [3.05, 3.63) is 22.1 Å². The fourth-order valence-electron chi connectivity index (χ4n) is 1.93. The summed E-state index contributed by atoms with van der Waals surface area (Å²) in [5.74, 6) is 0. The second-order valence-corrected chi connectivity index (χ2v) is 3.80. The van der Waals surface area contributed by atoms with Crippen LogP contribution in [0.25, 0.3) is 0 Å². The van der Waals surface area contributed by atoms with E-state index in [1.54, 1.807) is 13.2 Å². The van der Waals surface area contributed by atoms with Crippen LogP contribution < -0.4 is 10.5 Å². The largest absolute Gasteiger partial charge is 0.367 e. The zero-order valence-electron chi connectivity index (χ0n) is 8.66. The van der Waals surface area contributed by atoms with Gasteiger partial charge in [0.25, 0.3) is 5.56 Å². The molecule has 0 bridgehead atoms. The third-order valence-corrected chi connectivity index (χ3v) is 2.72. The van der Waals surface area contributed by atoms with Gasteiger partial charge in [-0.05, 0) is 25.3 Å². The van der Waals surface area contributed by atoms with Gasteiger partial charge >= 0.3 is 0 Å². The van der Waals surface area contributed by atoms with Crippen LogP contribution in [-0.2, 0) is 7.05 Å². The van der Waals surface area contributed by atoms with Gasteiger partial charge in [0, 0.05) is 20.1 Å². The summed E-state index contributed by atoms with van der Waals surface area (Å²) in [6.07, 6.45) is 4.13. The van der Waals surface area contributed by atoms with Crippen LogP contribution >= 0.6 is 0 Å². The second kappa shape index (κ2) is 3.44. The molecule has 0 aliphatic carbocycles. The summed E-state index contributed by atoms with van der Waals surface area (Å²) in [5, 5.41) is 3.99. The lowest BCUT2D eigenvalue weighted by Crippen LogP contribution is -2.31. The molecule has 0 amide bonds. The highest BCUT2D eigenvalue weighted by molar-refractivity contribution is 5.50. The van der Waals surface area contributed by atoms with Crippen molar-refractivity contribution in [1.82, 2.24) is 9.78 Å². The van der Waals surface area contributed by atoms with Crippen molar-refractivity contribution in [2.75, 3.05) is 18.0 Å². The molecule has 14 heavy (non-hydrogen) atoms. The van der Waals surface area contributed by atoms with Crippen molar-refractivity contribution in [1.29, 1.82) is 0 Å². The first-order valence-electron chi connectivity index (χ1n) is 4.98. The molecule has 2 rings (SSSR count). The van der Waals surface area contributed by atoms with E-state index < -0.39 is 0 Å². The molecule has 0 atom stereocenters. The van der Waals surface area contributed by atoms with Crippen LogP contribution in [0.2, 0.25) is 0 Å². The van der Waals surface area contributed by atoms with E-state index in [2.05, 4.69) is 10.00 Å². The van der Waals surface area contributed by atoms with Crippen LogP contribution in [-0.4, -0.2) is 22.9 Å². The van der Waals surface area contributed by atoms with Crippen molar-refractivity contribution < 1.29 is 0 Å². The molecule has 0 unspecified atom stereocenters. The minimum absolute atomic E-state index is 0.0203. The van der Waals surface area contributed by atoms with Crippen LogP contribution in [0.5, 0.6) is 0 Å². The molecule has 1 aromatic heterocycles. The molecule has 1 fully saturated rings. The van der Waals surface area contributed by atoms with Crippen molar-refractivity contribution in [3.63, 3.8) is 0 Å². The number of hydrogen-bond acceptors (Lipinski definition) is 3. The molecule has 1 aliphatic rings. The summed E-state index contributed by atoms with van der Waals surface area (Å²) in [7, 11) is 1.70. The Morgan fingerprint density at radius 3 is 2.64 bits per heavy atom. The lowest BCUT2D eigenvalue weighted by molar-refractivity contribution is 0.697. The third-order valence-electron chi connectivity index (χ3n) is 2.72. The molecule has 76 valence electrons. The maximum Gasteiger partial charge on any atom is 0.290 e. The van der Waals surface area contributed by atoms with Gasteiger partial charge in [0.2, 0.25) is 0 Å². The summed E-state index contributed by atoms with van der Waals surface area (Å²) in [5.41, 5.74) is 1.84. The Hall–Kier alpha value is -1.32. The number of aryl methyl sites for hydroxylation is 2. The molecule has 0 N–H and O–H groups in total. The molecule has 0 saturated carbocycles. The monoisotopic (exact) mass is 193 g/mol. The predicted octanol–water partition coefficient (Wildman–Crippen LogP) is 0.689. The predicted molar refractivity (Wildman–Crippen MR) is 55.7 cm³/mol. The summed E-state index contributed by atoms with van der Waals surface area (Å²) in [6.45, 7) is 3.95. The number of aromatic nitrogens is 2. The van der Waals surface area contributed by atoms with E-state index >= 15 is 0 Å². The summed E-state index contributed by atoms with van der Waals surface area (Å²) >= 11 is 0. The summed E-state index contributed by atoms with van der Waals surface area (Å²) in [6, 6.07) is 0. The highest BCUT2D eigenvalue weighted by atomic mass is 16.1. The quantitative estimate of drug-likeness (QED) is 0.658. The van der Waals surface area contributed by atoms with Gasteiger partial charge in [0.1, 0.15) is 5.69 Å². The van der Waals surface area contributed by atoms with Crippen LogP contribution in [0, 0.1) is 6.92 Å². The number of hydrogen-bond donors (Lipinski definition) is 0. The molecule has 4 heteroatoms. The van der Waals surface area contributed by atoms with Gasteiger partial charge < -0.3 is 4.90 Å². The lowest BCUT2D eigenvalue weighted by Gasteiger charge is -2.18. The topological polar surface area (TPSA) is 38.1 Å². The van der Waals surface area contributed by atoms with E-state index in [4.69, 9.17) is 0 Å². The first-order valence-corrected chi connectivity index (χ1v) is 4.98. The molecule has 0 aromatic carbocycles. The zero-order chi connectivity index (χ0) is 10.1. The van der Waals surface area contributed by atoms with E-state index in [-0.39, 0.29) is 5.56 Å². The van der Waals surface area contributed by atoms with Gasteiger partial charge in [-0.2, -0.15) is 5.10 Å². The first-order chi connectivity index (χ1) is 6.70. The molecule has 2 heterocycles. The van der Waals surface area contributed by atoms with Crippen molar-refractivity contribution in [3.8, 4) is 0 Å². The van der Waals surface area contributed by atoms with E-state index in [0.717, 1.165) is 24.3 Å². The molecule has 1 aromatic rings. The maximum absolute atomic E-state index is 11.8. The Morgan fingerprint density at radius 1 is 1.36 bits per heavy atom. The first kappa shape index (κ1) is 9.24. The smallest absolute Gasteiger partial charge is 0.290 e. The van der Waals surface area contributed by atoms with Gasteiger partial charge in [0.15, 0.2) is 0 Å². The van der Waals surface area contributed by atoms with Gasteiger partial charge in [-0.1, -0.05) is 0 Å². The average molecular weight is 193 g/mol. The minimum Gasteiger partial charge on any atom is -0.367 e. The Bertz CT molecular complexity index is 391. The number of rotatable bonds is 1. The third kappa shape index (κ3) is 1.41.